The quantitative estimate of drug-likeness (QED) is 0.759. The summed E-state index contributed by atoms with van der Waals surface area (Å²) in [6, 6.07) is 6.99. The first-order chi connectivity index (χ1) is 13.6. The Balaban J connectivity index is 1.40. The van der Waals surface area contributed by atoms with E-state index in [9.17, 15) is 14.4 Å². The second-order valence-electron chi connectivity index (χ2n) is 7.32. The van der Waals surface area contributed by atoms with E-state index in [-0.39, 0.29) is 29.7 Å². The summed E-state index contributed by atoms with van der Waals surface area (Å²) in [6.45, 7) is 1.20. The smallest absolute Gasteiger partial charge is 0.263 e. The predicted molar refractivity (Wildman–Crippen MR) is 110 cm³/mol. The van der Waals surface area contributed by atoms with Gasteiger partial charge in [0.25, 0.3) is 11.8 Å². The van der Waals surface area contributed by atoms with Gasteiger partial charge >= 0.3 is 0 Å². The van der Waals surface area contributed by atoms with Crippen LogP contribution >= 0.6 is 22.7 Å². The molecule has 148 valence electrons. The average molecular weight is 418 g/mol. The minimum Gasteiger partial charge on any atom is -0.352 e. The van der Waals surface area contributed by atoms with Gasteiger partial charge in [0.15, 0.2) is 0 Å². The number of likely N-dealkylation sites (tertiary alicyclic amines) is 1. The van der Waals surface area contributed by atoms with Crippen molar-refractivity contribution in [2.24, 2.45) is 5.92 Å². The fraction of sp³-hybridized carbons (Fsp3) is 0.450. The lowest BCUT2D eigenvalue weighted by atomic mass is 9.88. The number of rotatable bonds is 6. The third kappa shape index (κ3) is 4.44. The number of thiophene rings is 2. The summed E-state index contributed by atoms with van der Waals surface area (Å²) in [5, 5.41) is 9.73. The molecule has 0 bridgehead atoms. The van der Waals surface area contributed by atoms with Gasteiger partial charge in [0.2, 0.25) is 5.91 Å². The molecule has 1 saturated heterocycles. The van der Waals surface area contributed by atoms with E-state index in [2.05, 4.69) is 10.6 Å². The number of nitrogens with one attached hydrogen (secondary N) is 2. The number of amides is 3. The topological polar surface area (TPSA) is 78.5 Å². The first-order valence-corrected chi connectivity index (χ1v) is 11.4. The lowest BCUT2D eigenvalue weighted by Crippen LogP contribution is -2.54. The highest BCUT2D eigenvalue weighted by Crippen LogP contribution is 2.25. The Morgan fingerprint density at radius 3 is 2.18 bits per heavy atom. The minimum absolute atomic E-state index is 0.0232. The average Bonchev–Trinajstić information content (AvgIpc) is 3.18. The molecule has 2 aromatic rings. The summed E-state index contributed by atoms with van der Waals surface area (Å²) < 4.78 is 0. The van der Waals surface area contributed by atoms with Crippen molar-refractivity contribution in [2.45, 2.75) is 37.8 Å². The van der Waals surface area contributed by atoms with E-state index in [1.807, 2.05) is 33.9 Å². The fourth-order valence-corrected chi connectivity index (χ4v) is 4.85. The van der Waals surface area contributed by atoms with Gasteiger partial charge in [-0.25, -0.2) is 0 Å². The summed E-state index contributed by atoms with van der Waals surface area (Å²) in [4.78, 5) is 41.1. The maximum absolute atomic E-state index is 12.8. The lowest BCUT2D eigenvalue weighted by molar-refractivity contribution is -0.124. The van der Waals surface area contributed by atoms with Gasteiger partial charge < -0.3 is 15.5 Å². The molecule has 0 radical (unpaired) electrons. The second kappa shape index (κ2) is 8.45. The van der Waals surface area contributed by atoms with E-state index in [0.29, 0.717) is 30.8 Å². The Bertz CT molecular complexity index is 823. The van der Waals surface area contributed by atoms with Crippen LogP contribution in [0.3, 0.4) is 0 Å². The van der Waals surface area contributed by atoms with Crippen LogP contribution in [-0.4, -0.2) is 47.8 Å². The third-order valence-electron chi connectivity index (χ3n) is 5.27. The monoisotopic (exact) mass is 417 g/mol. The van der Waals surface area contributed by atoms with Crippen LogP contribution in [0.15, 0.2) is 35.0 Å². The van der Waals surface area contributed by atoms with Crippen LogP contribution in [0, 0.1) is 5.92 Å². The lowest BCUT2D eigenvalue weighted by Gasteiger charge is -2.35. The van der Waals surface area contributed by atoms with Gasteiger partial charge in [-0.3, -0.25) is 14.4 Å². The molecule has 0 unspecified atom stereocenters. The third-order valence-corrected chi connectivity index (χ3v) is 6.99. The van der Waals surface area contributed by atoms with Crippen molar-refractivity contribution in [3.05, 3.63) is 44.8 Å². The SMILES string of the molecule is O=C(N[C@@H](C(=O)NC1CC1)C1CCN(C(=O)c2cccs2)CC1)c1cccs1. The Kier molecular flexibility index (Phi) is 5.77. The van der Waals surface area contributed by atoms with Crippen molar-refractivity contribution in [3.63, 3.8) is 0 Å². The van der Waals surface area contributed by atoms with Crippen molar-refractivity contribution in [1.82, 2.24) is 15.5 Å². The molecule has 1 aliphatic carbocycles. The Morgan fingerprint density at radius 2 is 1.61 bits per heavy atom. The minimum atomic E-state index is -0.561. The van der Waals surface area contributed by atoms with Crippen LogP contribution in [-0.2, 0) is 4.79 Å². The first kappa shape index (κ1) is 19.1. The van der Waals surface area contributed by atoms with Gasteiger partial charge in [-0.15, -0.1) is 22.7 Å². The molecule has 4 rings (SSSR count). The van der Waals surface area contributed by atoms with E-state index in [1.54, 1.807) is 6.07 Å². The van der Waals surface area contributed by atoms with Gasteiger partial charge in [0.1, 0.15) is 6.04 Å². The van der Waals surface area contributed by atoms with Crippen molar-refractivity contribution < 1.29 is 14.4 Å². The van der Waals surface area contributed by atoms with E-state index >= 15 is 0 Å². The zero-order valence-electron chi connectivity index (χ0n) is 15.4. The fourth-order valence-electron chi connectivity index (χ4n) is 3.53. The summed E-state index contributed by atoms with van der Waals surface area (Å²) in [7, 11) is 0. The highest BCUT2D eigenvalue weighted by Gasteiger charge is 2.36. The molecule has 6 nitrogen and oxygen atoms in total. The number of carbonyl (C=O) groups is 3. The molecule has 1 atom stereocenters. The van der Waals surface area contributed by atoms with Gasteiger partial charge in [-0.05, 0) is 54.5 Å². The van der Waals surface area contributed by atoms with Crippen LogP contribution in [0.4, 0.5) is 0 Å². The molecular formula is C20H23N3O3S2. The van der Waals surface area contributed by atoms with Gasteiger partial charge in [0.05, 0.1) is 9.75 Å². The largest absolute Gasteiger partial charge is 0.352 e. The maximum atomic E-state index is 12.8. The van der Waals surface area contributed by atoms with Gasteiger partial charge in [0, 0.05) is 19.1 Å². The van der Waals surface area contributed by atoms with Crippen molar-refractivity contribution in [3.8, 4) is 0 Å². The van der Waals surface area contributed by atoms with Gasteiger partial charge in [-0.1, -0.05) is 12.1 Å². The summed E-state index contributed by atoms with van der Waals surface area (Å²) in [5.41, 5.74) is 0. The Morgan fingerprint density at radius 1 is 0.964 bits per heavy atom. The molecule has 3 heterocycles. The molecule has 8 heteroatoms. The highest BCUT2D eigenvalue weighted by atomic mass is 32.1. The van der Waals surface area contributed by atoms with E-state index < -0.39 is 6.04 Å². The Labute approximate surface area is 171 Å². The first-order valence-electron chi connectivity index (χ1n) is 9.59. The normalized spacial score (nSPS) is 18.5. The molecular weight excluding hydrogens is 394 g/mol. The van der Waals surface area contributed by atoms with E-state index in [4.69, 9.17) is 0 Å². The predicted octanol–water partition coefficient (Wildman–Crippen LogP) is 2.74. The van der Waals surface area contributed by atoms with Gasteiger partial charge in [-0.2, -0.15) is 0 Å². The van der Waals surface area contributed by atoms with Crippen LogP contribution in [0.5, 0.6) is 0 Å². The molecule has 2 aromatic heterocycles. The van der Waals surface area contributed by atoms with Crippen LogP contribution in [0.25, 0.3) is 0 Å². The molecule has 2 fully saturated rings. The summed E-state index contributed by atoms with van der Waals surface area (Å²) in [6.07, 6.45) is 3.41. The highest BCUT2D eigenvalue weighted by molar-refractivity contribution is 7.12. The van der Waals surface area contributed by atoms with E-state index in [1.165, 1.54) is 22.7 Å². The number of carbonyl (C=O) groups excluding carboxylic acids is 3. The van der Waals surface area contributed by atoms with Crippen LogP contribution in [0.2, 0.25) is 0 Å². The van der Waals surface area contributed by atoms with Crippen molar-refractivity contribution in [1.29, 1.82) is 0 Å². The van der Waals surface area contributed by atoms with Crippen molar-refractivity contribution >= 4 is 40.4 Å². The van der Waals surface area contributed by atoms with E-state index in [0.717, 1.165) is 17.7 Å². The summed E-state index contributed by atoms with van der Waals surface area (Å²) >= 11 is 2.81. The second-order valence-corrected chi connectivity index (χ2v) is 9.21. The molecule has 1 saturated carbocycles. The maximum Gasteiger partial charge on any atom is 0.263 e. The zero-order valence-corrected chi connectivity index (χ0v) is 17.1. The molecule has 28 heavy (non-hydrogen) atoms. The summed E-state index contributed by atoms with van der Waals surface area (Å²) in [5.74, 6) is -0.233. The van der Waals surface area contributed by atoms with Crippen LogP contribution < -0.4 is 10.6 Å². The molecule has 0 spiro atoms. The van der Waals surface area contributed by atoms with Crippen LogP contribution in [0.1, 0.15) is 45.0 Å². The molecule has 2 aliphatic rings. The number of piperidine rings is 1. The van der Waals surface area contributed by atoms with Crippen molar-refractivity contribution in [2.75, 3.05) is 13.1 Å². The molecule has 2 N–H and O–H groups in total. The number of hydrogen-bond donors (Lipinski definition) is 2. The standard InChI is InChI=1S/C20H23N3O3S2/c24-18(15-3-1-11-27-15)22-17(19(25)21-14-5-6-14)13-7-9-23(10-8-13)20(26)16-4-2-12-28-16/h1-4,11-14,17H,5-10H2,(H,21,25)(H,22,24)/t17-/m1/s1. The number of hydrogen-bond acceptors (Lipinski definition) is 5. The molecule has 3 amide bonds. The molecule has 1 aliphatic heterocycles. The Hall–Kier alpha value is -2.19. The molecule has 0 aromatic carbocycles. The number of nitrogens with zero attached hydrogens (tertiary/aromatic N) is 1. The zero-order chi connectivity index (χ0) is 19.5.